The van der Waals surface area contributed by atoms with Gasteiger partial charge in [0.05, 0.1) is 19.3 Å². The minimum absolute atomic E-state index is 0.365. The first-order valence-electron chi connectivity index (χ1n) is 8.03. The van der Waals surface area contributed by atoms with Crippen molar-refractivity contribution in [1.29, 1.82) is 0 Å². The topological polar surface area (TPSA) is 55.8 Å². The predicted octanol–water partition coefficient (Wildman–Crippen LogP) is 3.92. The lowest BCUT2D eigenvalue weighted by molar-refractivity contribution is -0.131. The molecule has 1 aromatic carbocycles. The Hall–Kier alpha value is -2.07. The van der Waals surface area contributed by atoms with Crippen LogP contribution in [0.2, 0.25) is 0 Å². The zero-order valence-electron chi connectivity index (χ0n) is 13.3. The minimum atomic E-state index is -0.946. The number of aliphatic carboxylic acids is 1. The van der Waals surface area contributed by atoms with Crippen LogP contribution >= 0.6 is 0 Å². The Morgan fingerprint density at radius 1 is 1.22 bits per heavy atom. The third-order valence-electron chi connectivity index (χ3n) is 4.03. The Morgan fingerprint density at radius 3 is 2.52 bits per heavy atom. The second kappa shape index (κ2) is 9.16. The van der Waals surface area contributed by atoms with Crippen LogP contribution in [-0.4, -0.2) is 30.4 Å². The third kappa shape index (κ3) is 6.28. The summed E-state index contributed by atoms with van der Waals surface area (Å²) >= 11 is 0. The molecule has 0 unspecified atom stereocenters. The van der Waals surface area contributed by atoms with E-state index in [1.54, 1.807) is 12.2 Å². The summed E-state index contributed by atoms with van der Waals surface area (Å²) in [6, 6.07) is 7.46. The fourth-order valence-electron chi connectivity index (χ4n) is 2.73. The first-order valence-corrected chi connectivity index (χ1v) is 8.03. The molecular weight excluding hydrogens is 292 g/mol. The van der Waals surface area contributed by atoms with Crippen LogP contribution in [0.3, 0.4) is 0 Å². The van der Waals surface area contributed by atoms with Gasteiger partial charge in [0.1, 0.15) is 5.75 Å². The number of carboxylic acids is 1. The first kappa shape index (κ1) is 17.3. The van der Waals surface area contributed by atoms with Gasteiger partial charge in [0.2, 0.25) is 0 Å². The van der Waals surface area contributed by atoms with E-state index in [0.717, 1.165) is 49.7 Å². The molecule has 0 atom stereocenters. The van der Waals surface area contributed by atoms with Gasteiger partial charge in [-0.05, 0) is 55.4 Å². The number of benzene rings is 1. The largest absolute Gasteiger partial charge is 0.493 e. The predicted molar refractivity (Wildman–Crippen MR) is 90.5 cm³/mol. The minimum Gasteiger partial charge on any atom is -0.493 e. The second-order valence-electron chi connectivity index (χ2n) is 5.82. The number of carbonyl (C=O) groups is 1. The zero-order valence-corrected chi connectivity index (χ0v) is 13.3. The molecule has 0 aromatic heterocycles. The standard InChI is InChI=1S/C19H24O4/c1-2-13-22-17-10-5-16(6-11-17)14-23-18-8-3-15(4-9-18)7-12-19(20)21/h2-4,7-9,12,16-17H,1,5-6,10-11,13-14H2,(H,20,21). The molecule has 1 aliphatic carbocycles. The summed E-state index contributed by atoms with van der Waals surface area (Å²) in [5.41, 5.74) is 0.847. The fraction of sp³-hybridized carbons (Fsp3) is 0.421. The van der Waals surface area contributed by atoms with Crippen molar-refractivity contribution in [3.8, 4) is 5.75 Å². The number of rotatable bonds is 8. The second-order valence-corrected chi connectivity index (χ2v) is 5.82. The van der Waals surface area contributed by atoms with Gasteiger partial charge in [-0.2, -0.15) is 0 Å². The first-order chi connectivity index (χ1) is 11.2. The van der Waals surface area contributed by atoms with Crippen LogP contribution in [0.15, 0.2) is 43.0 Å². The van der Waals surface area contributed by atoms with Crippen LogP contribution in [0.5, 0.6) is 5.75 Å². The van der Waals surface area contributed by atoms with E-state index in [2.05, 4.69) is 6.58 Å². The Balaban J connectivity index is 1.72. The summed E-state index contributed by atoms with van der Waals surface area (Å²) in [6.07, 6.45) is 9.28. The molecule has 0 saturated heterocycles. The Kier molecular flexibility index (Phi) is 6.88. The van der Waals surface area contributed by atoms with Gasteiger partial charge in [-0.1, -0.05) is 18.2 Å². The number of hydrogen-bond donors (Lipinski definition) is 1. The number of carboxylic acid groups (broad SMARTS) is 1. The van der Waals surface area contributed by atoms with E-state index in [4.69, 9.17) is 14.6 Å². The summed E-state index contributed by atoms with van der Waals surface area (Å²) in [5.74, 6) is 0.450. The van der Waals surface area contributed by atoms with E-state index < -0.39 is 5.97 Å². The van der Waals surface area contributed by atoms with Gasteiger partial charge in [0.25, 0.3) is 0 Å². The van der Waals surface area contributed by atoms with Crippen molar-refractivity contribution in [3.63, 3.8) is 0 Å². The van der Waals surface area contributed by atoms with Crippen LogP contribution in [0.4, 0.5) is 0 Å². The van der Waals surface area contributed by atoms with Crippen LogP contribution in [0, 0.1) is 5.92 Å². The molecule has 1 N–H and O–H groups in total. The van der Waals surface area contributed by atoms with Crippen LogP contribution in [0.1, 0.15) is 31.2 Å². The molecule has 2 rings (SSSR count). The summed E-state index contributed by atoms with van der Waals surface area (Å²) < 4.78 is 11.5. The van der Waals surface area contributed by atoms with Gasteiger partial charge in [-0.25, -0.2) is 4.79 Å². The third-order valence-corrected chi connectivity index (χ3v) is 4.03. The molecule has 1 aliphatic rings. The molecule has 0 aliphatic heterocycles. The Bertz CT molecular complexity index is 525. The van der Waals surface area contributed by atoms with Gasteiger partial charge in [0.15, 0.2) is 0 Å². The van der Waals surface area contributed by atoms with Crippen LogP contribution < -0.4 is 4.74 Å². The summed E-state index contributed by atoms with van der Waals surface area (Å²) in [5, 5.41) is 8.60. The number of ether oxygens (including phenoxy) is 2. The van der Waals surface area contributed by atoms with Crippen LogP contribution in [0.25, 0.3) is 6.08 Å². The molecule has 0 amide bonds. The molecule has 0 bridgehead atoms. The van der Waals surface area contributed by atoms with Crippen LogP contribution in [-0.2, 0) is 9.53 Å². The van der Waals surface area contributed by atoms with Crippen molar-refractivity contribution in [3.05, 3.63) is 48.6 Å². The quantitative estimate of drug-likeness (QED) is 0.583. The van der Waals surface area contributed by atoms with Crippen molar-refractivity contribution in [1.82, 2.24) is 0 Å². The monoisotopic (exact) mass is 316 g/mol. The van der Waals surface area contributed by atoms with Crippen molar-refractivity contribution in [2.24, 2.45) is 5.92 Å². The van der Waals surface area contributed by atoms with Gasteiger partial charge in [-0.3, -0.25) is 0 Å². The van der Waals surface area contributed by atoms with E-state index in [1.807, 2.05) is 24.3 Å². The highest BCUT2D eigenvalue weighted by Gasteiger charge is 2.21. The van der Waals surface area contributed by atoms with Crippen molar-refractivity contribution >= 4 is 12.0 Å². The molecule has 0 heterocycles. The van der Waals surface area contributed by atoms with E-state index >= 15 is 0 Å². The molecular formula is C19H24O4. The van der Waals surface area contributed by atoms with Gasteiger partial charge in [0, 0.05) is 6.08 Å². The average molecular weight is 316 g/mol. The molecule has 23 heavy (non-hydrogen) atoms. The molecule has 1 fully saturated rings. The maximum Gasteiger partial charge on any atom is 0.328 e. The molecule has 4 nitrogen and oxygen atoms in total. The van der Waals surface area contributed by atoms with Gasteiger partial charge >= 0.3 is 5.97 Å². The summed E-state index contributed by atoms with van der Waals surface area (Å²) in [4.78, 5) is 10.5. The van der Waals surface area contributed by atoms with E-state index in [9.17, 15) is 4.79 Å². The summed E-state index contributed by atoms with van der Waals surface area (Å²) in [6.45, 7) is 5.03. The molecule has 0 spiro atoms. The molecule has 4 heteroatoms. The lowest BCUT2D eigenvalue weighted by Crippen LogP contribution is -2.25. The Morgan fingerprint density at radius 2 is 1.91 bits per heavy atom. The van der Waals surface area contributed by atoms with Gasteiger partial charge in [-0.15, -0.1) is 6.58 Å². The zero-order chi connectivity index (χ0) is 16.5. The lowest BCUT2D eigenvalue weighted by Gasteiger charge is -2.28. The number of hydrogen-bond acceptors (Lipinski definition) is 3. The van der Waals surface area contributed by atoms with Crippen molar-refractivity contribution in [2.45, 2.75) is 31.8 Å². The van der Waals surface area contributed by atoms with Crippen molar-refractivity contribution in [2.75, 3.05) is 13.2 Å². The van der Waals surface area contributed by atoms with Crippen molar-refractivity contribution < 1.29 is 19.4 Å². The molecule has 1 saturated carbocycles. The maximum absolute atomic E-state index is 10.5. The van der Waals surface area contributed by atoms with E-state index in [1.165, 1.54) is 0 Å². The van der Waals surface area contributed by atoms with E-state index in [0.29, 0.717) is 18.6 Å². The maximum atomic E-state index is 10.5. The highest BCUT2D eigenvalue weighted by molar-refractivity contribution is 5.85. The van der Waals surface area contributed by atoms with Gasteiger partial charge < -0.3 is 14.6 Å². The molecule has 1 aromatic rings. The average Bonchev–Trinajstić information content (AvgIpc) is 2.58. The lowest BCUT2D eigenvalue weighted by atomic mass is 9.88. The SMILES string of the molecule is C=CCOC1CCC(COc2ccc(C=CC(=O)O)cc2)CC1. The smallest absolute Gasteiger partial charge is 0.328 e. The van der Waals surface area contributed by atoms with E-state index in [-0.39, 0.29) is 0 Å². The molecule has 0 radical (unpaired) electrons. The molecule has 124 valence electrons. The normalized spacial score (nSPS) is 21.2. The highest BCUT2D eigenvalue weighted by atomic mass is 16.5. The highest BCUT2D eigenvalue weighted by Crippen LogP contribution is 2.27. The fourth-order valence-corrected chi connectivity index (χ4v) is 2.73. The Labute approximate surface area is 137 Å². The summed E-state index contributed by atoms with van der Waals surface area (Å²) in [7, 11) is 0.